The monoisotopic (exact) mass is 225 g/mol. The van der Waals surface area contributed by atoms with Gasteiger partial charge in [-0.15, -0.1) is 6.58 Å². The van der Waals surface area contributed by atoms with Crippen LogP contribution in [0.3, 0.4) is 0 Å². The van der Waals surface area contributed by atoms with Gasteiger partial charge in [0.1, 0.15) is 6.04 Å². The minimum Gasteiger partial charge on any atom is -0.468 e. The Morgan fingerprint density at radius 1 is 1.50 bits per heavy atom. The molecule has 0 spiro atoms. The van der Waals surface area contributed by atoms with Gasteiger partial charge in [0, 0.05) is 6.54 Å². The first-order valence-corrected chi connectivity index (χ1v) is 6.20. The molecular formula is C13H23NO2. The van der Waals surface area contributed by atoms with Crippen LogP contribution in [0, 0.1) is 5.92 Å². The molecule has 0 aromatic heterocycles. The molecule has 3 nitrogen and oxygen atoms in total. The maximum absolute atomic E-state index is 11.6. The summed E-state index contributed by atoms with van der Waals surface area (Å²) >= 11 is 0. The predicted octanol–water partition coefficient (Wildman–Crippen LogP) is 2.27. The second-order valence-electron chi connectivity index (χ2n) is 4.51. The van der Waals surface area contributed by atoms with Gasteiger partial charge in [-0.25, -0.2) is 0 Å². The average molecular weight is 225 g/mol. The minimum atomic E-state index is -0.161. The van der Waals surface area contributed by atoms with Crippen LogP contribution in [0.15, 0.2) is 12.7 Å². The Bertz CT molecular complexity index is 222. The summed E-state index contributed by atoms with van der Waals surface area (Å²) in [6, 6.07) is -0.161. The van der Waals surface area contributed by atoms with Crippen molar-refractivity contribution in [1.82, 2.24) is 5.32 Å². The molecule has 1 unspecified atom stereocenters. The third-order valence-corrected chi connectivity index (χ3v) is 3.29. The molecule has 0 aromatic carbocycles. The van der Waals surface area contributed by atoms with E-state index in [-0.39, 0.29) is 12.0 Å². The molecule has 0 radical (unpaired) electrons. The number of carbonyl (C=O) groups is 1. The molecule has 0 heterocycles. The van der Waals surface area contributed by atoms with E-state index in [0.29, 0.717) is 12.5 Å². The minimum absolute atomic E-state index is 0.146. The van der Waals surface area contributed by atoms with Crippen molar-refractivity contribution >= 4 is 5.97 Å². The number of hydrogen-bond donors (Lipinski definition) is 1. The Balaban J connectivity index is 2.40. The molecule has 0 bridgehead atoms. The van der Waals surface area contributed by atoms with Crippen molar-refractivity contribution in [2.75, 3.05) is 13.7 Å². The second-order valence-corrected chi connectivity index (χ2v) is 4.51. The number of ether oxygens (including phenoxy) is 1. The highest BCUT2D eigenvalue weighted by atomic mass is 16.5. The van der Waals surface area contributed by atoms with Crippen LogP contribution >= 0.6 is 0 Å². The molecule has 1 N–H and O–H groups in total. The van der Waals surface area contributed by atoms with E-state index in [4.69, 9.17) is 4.74 Å². The van der Waals surface area contributed by atoms with Gasteiger partial charge in [0.15, 0.2) is 0 Å². The van der Waals surface area contributed by atoms with Crippen LogP contribution in [0.2, 0.25) is 0 Å². The van der Waals surface area contributed by atoms with E-state index in [2.05, 4.69) is 11.9 Å². The standard InChI is InChI=1S/C13H23NO2/c1-3-9-14-12(13(15)16-2)10-11-7-5-4-6-8-11/h3,11-12,14H,1,4-10H2,2H3. The molecule has 16 heavy (non-hydrogen) atoms. The Labute approximate surface area is 98.2 Å². The summed E-state index contributed by atoms with van der Waals surface area (Å²) in [5.41, 5.74) is 0. The smallest absolute Gasteiger partial charge is 0.322 e. The van der Waals surface area contributed by atoms with Crippen LogP contribution < -0.4 is 5.32 Å². The predicted molar refractivity (Wildman–Crippen MR) is 65.2 cm³/mol. The zero-order chi connectivity index (χ0) is 11.8. The van der Waals surface area contributed by atoms with Crippen LogP contribution in [0.25, 0.3) is 0 Å². The van der Waals surface area contributed by atoms with Gasteiger partial charge in [-0.05, 0) is 12.3 Å². The van der Waals surface area contributed by atoms with E-state index in [9.17, 15) is 4.79 Å². The Morgan fingerprint density at radius 3 is 2.75 bits per heavy atom. The lowest BCUT2D eigenvalue weighted by Gasteiger charge is -2.25. The van der Waals surface area contributed by atoms with Gasteiger partial charge >= 0.3 is 5.97 Å². The Kier molecular flexibility index (Phi) is 6.16. The van der Waals surface area contributed by atoms with Gasteiger partial charge in [0.05, 0.1) is 7.11 Å². The van der Waals surface area contributed by atoms with Crippen molar-refractivity contribution in [2.24, 2.45) is 5.92 Å². The lowest BCUT2D eigenvalue weighted by molar-refractivity contribution is -0.143. The number of hydrogen-bond acceptors (Lipinski definition) is 3. The average Bonchev–Trinajstić information content (AvgIpc) is 2.34. The SMILES string of the molecule is C=CCNC(CC1CCCCC1)C(=O)OC. The summed E-state index contributed by atoms with van der Waals surface area (Å²) in [6.45, 7) is 4.31. The van der Waals surface area contributed by atoms with Crippen molar-refractivity contribution < 1.29 is 9.53 Å². The summed E-state index contributed by atoms with van der Waals surface area (Å²) in [5.74, 6) is 0.530. The first kappa shape index (κ1) is 13.2. The summed E-state index contributed by atoms with van der Waals surface area (Å²) in [5, 5.41) is 3.17. The van der Waals surface area contributed by atoms with Crippen molar-refractivity contribution in [3.8, 4) is 0 Å². The molecule has 0 aliphatic heterocycles. The van der Waals surface area contributed by atoms with E-state index < -0.39 is 0 Å². The second kappa shape index (κ2) is 7.44. The molecule has 1 rings (SSSR count). The third kappa shape index (κ3) is 4.35. The van der Waals surface area contributed by atoms with Crippen molar-refractivity contribution in [3.63, 3.8) is 0 Å². The van der Waals surface area contributed by atoms with E-state index >= 15 is 0 Å². The molecule has 0 saturated heterocycles. The number of esters is 1. The molecular weight excluding hydrogens is 202 g/mol. The molecule has 3 heteroatoms. The van der Waals surface area contributed by atoms with Crippen LogP contribution in [0.5, 0.6) is 0 Å². The van der Waals surface area contributed by atoms with Gasteiger partial charge in [-0.2, -0.15) is 0 Å². The quantitative estimate of drug-likeness (QED) is 0.556. The van der Waals surface area contributed by atoms with Gasteiger partial charge in [0.2, 0.25) is 0 Å². The van der Waals surface area contributed by atoms with Gasteiger partial charge in [0.25, 0.3) is 0 Å². The maximum Gasteiger partial charge on any atom is 0.322 e. The topological polar surface area (TPSA) is 38.3 Å². The van der Waals surface area contributed by atoms with Crippen LogP contribution in [0.4, 0.5) is 0 Å². The molecule has 0 aromatic rings. The molecule has 1 aliphatic rings. The van der Waals surface area contributed by atoms with E-state index in [1.807, 2.05) is 0 Å². The molecule has 1 saturated carbocycles. The molecule has 0 amide bonds. The van der Waals surface area contributed by atoms with Gasteiger partial charge in [-0.3, -0.25) is 4.79 Å². The third-order valence-electron chi connectivity index (χ3n) is 3.29. The highest BCUT2D eigenvalue weighted by molar-refractivity contribution is 5.75. The van der Waals surface area contributed by atoms with Crippen LogP contribution in [-0.4, -0.2) is 25.7 Å². The fraction of sp³-hybridized carbons (Fsp3) is 0.769. The van der Waals surface area contributed by atoms with Crippen LogP contribution in [0.1, 0.15) is 38.5 Å². The lowest BCUT2D eigenvalue weighted by Crippen LogP contribution is -2.39. The van der Waals surface area contributed by atoms with Crippen molar-refractivity contribution in [1.29, 1.82) is 0 Å². The zero-order valence-corrected chi connectivity index (χ0v) is 10.2. The summed E-state index contributed by atoms with van der Waals surface area (Å²) in [4.78, 5) is 11.6. The number of methoxy groups -OCH3 is 1. The lowest BCUT2D eigenvalue weighted by atomic mass is 9.85. The zero-order valence-electron chi connectivity index (χ0n) is 10.2. The molecule has 1 atom stereocenters. The first-order valence-electron chi connectivity index (χ1n) is 6.20. The van der Waals surface area contributed by atoms with Gasteiger partial charge < -0.3 is 10.1 Å². The number of rotatable bonds is 6. The highest BCUT2D eigenvalue weighted by Crippen LogP contribution is 2.27. The van der Waals surface area contributed by atoms with Crippen molar-refractivity contribution in [3.05, 3.63) is 12.7 Å². The van der Waals surface area contributed by atoms with Crippen LogP contribution in [-0.2, 0) is 9.53 Å². The van der Waals surface area contributed by atoms with E-state index in [1.54, 1.807) is 6.08 Å². The maximum atomic E-state index is 11.6. The number of carbonyl (C=O) groups excluding carboxylic acids is 1. The normalized spacial score (nSPS) is 19.1. The molecule has 92 valence electrons. The molecule has 1 aliphatic carbocycles. The highest BCUT2D eigenvalue weighted by Gasteiger charge is 2.23. The molecule has 1 fully saturated rings. The number of nitrogens with one attached hydrogen (secondary N) is 1. The van der Waals surface area contributed by atoms with E-state index in [1.165, 1.54) is 39.2 Å². The fourth-order valence-corrected chi connectivity index (χ4v) is 2.39. The Morgan fingerprint density at radius 2 is 2.19 bits per heavy atom. The Hall–Kier alpha value is -0.830. The summed E-state index contributed by atoms with van der Waals surface area (Å²) in [6.07, 6.45) is 9.14. The largest absolute Gasteiger partial charge is 0.468 e. The summed E-state index contributed by atoms with van der Waals surface area (Å²) < 4.78 is 4.82. The first-order chi connectivity index (χ1) is 7.77. The van der Waals surface area contributed by atoms with E-state index in [0.717, 1.165) is 6.42 Å². The van der Waals surface area contributed by atoms with Crippen molar-refractivity contribution in [2.45, 2.75) is 44.6 Å². The van der Waals surface area contributed by atoms with Gasteiger partial charge in [-0.1, -0.05) is 38.2 Å². The summed E-state index contributed by atoms with van der Waals surface area (Å²) in [7, 11) is 1.45. The fourth-order valence-electron chi connectivity index (χ4n) is 2.39.